The maximum atomic E-state index is 12.3. The van der Waals surface area contributed by atoms with E-state index < -0.39 is 11.9 Å². The molecule has 1 amide bonds. The number of hydrogen-bond donors (Lipinski definition) is 2. The Morgan fingerprint density at radius 1 is 1.24 bits per heavy atom. The highest BCUT2D eigenvalue weighted by molar-refractivity contribution is 6.30. The van der Waals surface area contributed by atoms with E-state index in [-0.39, 0.29) is 11.3 Å². The molecule has 128 valence electrons. The van der Waals surface area contributed by atoms with Crippen molar-refractivity contribution in [2.24, 2.45) is 7.05 Å². The number of aryl methyl sites for hydroxylation is 1. The Balaban J connectivity index is 1.72. The van der Waals surface area contributed by atoms with E-state index in [0.29, 0.717) is 17.4 Å². The van der Waals surface area contributed by atoms with Crippen molar-refractivity contribution in [3.05, 3.63) is 64.6 Å². The predicted octanol–water partition coefficient (Wildman–Crippen LogP) is 2.27. The van der Waals surface area contributed by atoms with E-state index in [4.69, 9.17) is 16.7 Å². The van der Waals surface area contributed by atoms with Gasteiger partial charge in [-0.05, 0) is 17.7 Å². The zero-order valence-corrected chi connectivity index (χ0v) is 13.9. The van der Waals surface area contributed by atoms with Crippen LogP contribution >= 0.6 is 11.6 Å². The zero-order valence-electron chi connectivity index (χ0n) is 13.2. The van der Waals surface area contributed by atoms with Crippen molar-refractivity contribution in [1.82, 2.24) is 19.6 Å². The second-order valence-corrected chi connectivity index (χ2v) is 5.75. The molecule has 2 N–H and O–H groups in total. The van der Waals surface area contributed by atoms with Crippen molar-refractivity contribution in [2.45, 2.75) is 6.54 Å². The quantitative estimate of drug-likeness (QED) is 0.727. The standard InChI is InChI=1S/C16H14ClN5O3/c1-21-14(16(24)25)12(8-18-21)15(23)19-13-6-7-22(20-13)9-10-2-4-11(17)5-3-10/h2-8H,9H2,1H3,(H,24,25)(H,19,20,23). The van der Waals surface area contributed by atoms with E-state index in [1.54, 1.807) is 29.1 Å². The molecule has 0 fully saturated rings. The van der Waals surface area contributed by atoms with Crippen molar-refractivity contribution < 1.29 is 14.7 Å². The number of nitrogens with zero attached hydrogens (tertiary/aromatic N) is 4. The first-order valence-electron chi connectivity index (χ1n) is 7.28. The Morgan fingerprint density at radius 2 is 1.96 bits per heavy atom. The Kier molecular flexibility index (Phi) is 4.53. The molecule has 2 aromatic heterocycles. The number of carbonyl (C=O) groups is 2. The van der Waals surface area contributed by atoms with Crippen LogP contribution in [-0.2, 0) is 13.6 Å². The first kappa shape index (κ1) is 16.7. The highest BCUT2D eigenvalue weighted by Gasteiger charge is 2.22. The maximum Gasteiger partial charge on any atom is 0.354 e. The summed E-state index contributed by atoms with van der Waals surface area (Å²) in [4.78, 5) is 23.5. The number of aromatic nitrogens is 4. The van der Waals surface area contributed by atoms with Gasteiger partial charge < -0.3 is 10.4 Å². The summed E-state index contributed by atoms with van der Waals surface area (Å²) in [5.74, 6) is -1.49. The molecule has 3 rings (SSSR count). The summed E-state index contributed by atoms with van der Waals surface area (Å²) in [5.41, 5.74) is 0.797. The number of benzene rings is 1. The van der Waals surface area contributed by atoms with Gasteiger partial charge in [0.05, 0.1) is 18.3 Å². The molecule has 1 aromatic carbocycles. The van der Waals surface area contributed by atoms with Crippen molar-refractivity contribution in [2.75, 3.05) is 5.32 Å². The second kappa shape index (κ2) is 6.78. The molecule has 0 atom stereocenters. The lowest BCUT2D eigenvalue weighted by Crippen LogP contribution is -2.17. The normalized spacial score (nSPS) is 10.6. The van der Waals surface area contributed by atoms with E-state index in [0.717, 1.165) is 10.2 Å². The number of anilines is 1. The van der Waals surface area contributed by atoms with Crippen LogP contribution in [0.1, 0.15) is 26.4 Å². The van der Waals surface area contributed by atoms with Gasteiger partial charge in [-0.25, -0.2) is 4.79 Å². The summed E-state index contributed by atoms with van der Waals surface area (Å²) in [7, 11) is 1.46. The summed E-state index contributed by atoms with van der Waals surface area (Å²) in [6.07, 6.45) is 2.93. The summed E-state index contributed by atoms with van der Waals surface area (Å²) in [6, 6.07) is 8.98. The minimum absolute atomic E-state index is 0.0257. The molecule has 0 saturated heterocycles. The Bertz CT molecular complexity index is 930. The number of carbonyl (C=O) groups excluding carboxylic acids is 1. The van der Waals surface area contributed by atoms with Crippen molar-refractivity contribution in [3.63, 3.8) is 0 Å². The van der Waals surface area contributed by atoms with Gasteiger partial charge in [-0.2, -0.15) is 10.2 Å². The van der Waals surface area contributed by atoms with Crippen LogP contribution in [0.15, 0.2) is 42.7 Å². The molecular formula is C16H14ClN5O3. The van der Waals surface area contributed by atoms with Crippen LogP contribution in [0.5, 0.6) is 0 Å². The van der Waals surface area contributed by atoms with Gasteiger partial charge in [-0.15, -0.1) is 0 Å². The molecule has 25 heavy (non-hydrogen) atoms. The number of halogens is 1. The molecule has 0 aliphatic heterocycles. The molecule has 9 heteroatoms. The lowest BCUT2D eigenvalue weighted by atomic mass is 10.2. The van der Waals surface area contributed by atoms with Crippen LogP contribution in [-0.4, -0.2) is 36.5 Å². The topological polar surface area (TPSA) is 102 Å². The van der Waals surface area contributed by atoms with Crippen LogP contribution in [0.4, 0.5) is 5.82 Å². The smallest absolute Gasteiger partial charge is 0.354 e. The predicted molar refractivity (Wildman–Crippen MR) is 90.9 cm³/mol. The number of carboxylic acid groups (broad SMARTS) is 1. The molecule has 0 aliphatic carbocycles. The largest absolute Gasteiger partial charge is 0.477 e. The number of amides is 1. The zero-order chi connectivity index (χ0) is 18.0. The molecule has 2 heterocycles. The molecule has 0 unspecified atom stereocenters. The van der Waals surface area contributed by atoms with Gasteiger partial charge in [0.2, 0.25) is 0 Å². The first-order chi connectivity index (χ1) is 11.9. The SMILES string of the molecule is Cn1ncc(C(=O)Nc2ccn(Cc3ccc(Cl)cc3)n2)c1C(=O)O. The van der Waals surface area contributed by atoms with E-state index in [1.807, 2.05) is 12.1 Å². The molecule has 0 spiro atoms. The van der Waals surface area contributed by atoms with Gasteiger partial charge in [-0.1, -0.05) is 23.7 Å². The second-order valence-electron chi connectivity index (χ2n) is 5.31. The lowest BCUT2D eigenvalue weighted by Gasteiger charge is -2.03. The number of hydrogen-bond acceptors (Lipinski definition) is 4. The lowest BCUT2D eigenvalue weighted by molar-refractivity contribution is 0.0680. The summed E-state index contributed by atoms with van der Waals surface area (Å²) in [5, 5.41) is 20.5. The van der Waals surface area contributed by atoms with Crippen molar-refractivity contribution >= 4 is 29.3 Å². The number of rotatable bonds is 5. The Hall–Kier alpha value is -3.13. The fourth-order valence-corrected chi connectivity index (χ4v) is 2.46. The third-order valence-corrected chi connectivity index (χ3v) is 3.78. The van der Waals surface area contributed by atoms with E-state index in [1.165, 1.54) is 13.2 Å². The molecule has 0 saturated carbocycles. The summed E-state index contributed by atoms with van der Waals surface area (Å²) < 4.78 is 2.79. The minimum Gasteiger partial charge on any atom is -0.477 e. The highest BCUT2D eigenvalue weighted by atomic mass is 35.5. The van der Waals surface area contributed by atoms with Crippen LogP contribution in [0.2, 0.25) is 5.02 Å². The number of aromatic carboxylic acids is 1. The van der Waals surface area contributed by atoms with Crippen LogP contribution in [0.3, 0.4) is 0 Å². The van der Waals surface area contributed by atoms with Crippen LogP contribution in [0, 0.1) is 0 Å². The summed E-state index contributed by atoms with van der Waals surface area (Å²) in [6.45, 7) is 0.514. The molecular weight excluding hydrogens is 346 g/mol. The molecule has 3 aromatic rings. The fourth-order valence-electron chi connectivity index (χ4n) is 2.33. The molecule has 0 aliphatic rings. The monoisotopic (exact) mass is 359 g/mol. The van der Waals surface area contributed by atoms with Gasteiger partial charge in [0, 0.05) is 24.3 Å². The van der Waals surface area contributed by atoms with Gasteiger partial charge >= 0.3 is 5.97 Å². The minimum atomic E-state index is -1.22. The molecule has 0 radical (unpaired) electrons. The first-order valence-corrected chi connectivity index (χ1v) is 7.66. The maximum absolute atomic E-state index is 12.3. The number of carboxylic acids is 1. The van der Waals surface area contributed by atoms with Gasteiger partial charge in [0.1, 0.15) is 0 Å². The van der Waals surface area contributed by atoms with Crippen LogP contribution < -0.4 is 5.32 Å². The van der Waals surface area contributed by atoms with E-state index >= 15 is 0 Å². The third-order valence-electron chi connectivity index (χ3n) is 3.53. The van der Waals surface area contributed by atoms with Crippen molar-refractivity contribution in [3.8, 4) is 0 Å². The third kappa shape index (κ3) is 3.69. The average molecular weight is 360 g/mol. The van der Waals surface area contributed by atoms with Crippen LogP contribution in [0.25, 0.3) is 0 Å². The Morgan fingerprint density at radius 3 is 2.64 bits per heavy atom. The Labute approximate surface area is 147 Å². The summed E-state index contributed by atoms with van der Waals surface area (Å²) >= 11 is 5.85. The molecule has 0 bridgehead atoms. The van der Waals surface area contributed by atoms with E-state index in [2.05, 4.69) is 15.5 Å². The molecule has 8 nitrogen and oxygen atoms in total. The van der Waals surface area contributed by atoms with Gasteiger partial charge in [-0.3, -0.25) is 14.2 Å². The van der Waals surface area contributed by atoms with Gasteiger partial charge in [0.25, 0.3) is 5.91 Å². The average Bonchev–Trinajstić information content (AvgIpc) is 3.16. The van der Waals surface area contributed by atoms with E-state index in [9.17, 15) is 9.59 Å². The van der Waals surface area contributed by atoms with Gasteiger partial charge in [0.15, 0.2) is 11.5 Å². The highest BCUT2D eigenvalue weighted by Crippen LogP contribution is 2.13. The van der Waals surface area contributed by atoms with Crippen molar-refractivity contribution in [1.29, 1.82) is 0 Å². The fraction of sp³-hybridized carbons (Fsp3) is 0.125. The number of nitrogens with one attached hydrogen (secondary N) is 1.